The molecule has 9 nitrogen and oxygen atoms in total. The van der Waals surface area contributed by atoms with Crippen LogP contribution in [0, 0.1) is 23.7 Å². The maximum Gasteiger partial charge on any atom is 0.327 e. The summed E-state index contributed by atoms with van der Waals surface area (Å²) in [5.41, 5.74) is 3.17. The molecular formula is C37H45ClF2N4O5S. The van der Waals surface area contributed by atoms with Gasteiger partial charge in [-0.2, -0.15) is 0 Å². The van der Waals surface area contributed by atoms with E-state index >= 15 is 0 Å². The number of nitrogens with zero attached hydrogens (tertiary/aromatic N) is 2. The van der Waals surface area contributed by atoms with E-state index in [0.717, 1.165) is 44.3 Å². The van der Waals surface area contributed by atoms with Crippen molar-refractivity contribution in [1.29, 1.82) is 0 Å². The first-order chi connectivity index (χ1) is 24.0. The molecule has 50 heavy (non-hydrogen) atoms. The van der Waals surface area contributed by atoms with Crippen LogP contribution in [0.15, 0.2) is 52.9 Å². The highest BCUT2D eigenvalue weighted by molar-refractivity contribution is 7.92. The quantitative estimate of drug-likeness (QED) is 0.331. The summed E-state index contributed by atoms with van der Waals surface area (Å²) in [5.74, 6) is -0.692. The zero-order chi connectivity index (χ0) is 35.2. The van der Waals surface area contributed by atoms with E-state index < -0.39 is 40.2 Å². The fourth-order valence-electron chi connectivity index (χ4n) is 8.37. The van der Waals surface area contributed by atoms with Crippen molar-refractivity contribution in [2.45, 2.75) is 75.9 Å². The van der Waals surface area contributed by atoms with Gasteiger partial charge in [-0.3, -0.25) is 9.52 Å². The van der Waals surface area contributed by atoms with Crippen molar-refractivity contribution in [1.82, 2.24) is 10.0 Å². The molecule has 5 aliphatic rings. The highest BCUT2D eigenvalue weighted by Gasteiger charge is 2.46. The molecule has 2 aromatic rings. The smallest absolute Gasteiger partial charge is 0.327 e. The van der Waals surface area contributed by atoms with Crippen molar-refractivity contribution in [3.05, 3.63) is 70.3 Å². The van der Waals surface area contributed by atoms with E-state index in [4.69, 9.17) is 21.1 Å². The van der Waals surface area contributed by atoms with E-state index in [1.807, 2.05) is 19.1 Å². The molecule has 0 aromatic heterocycles. The normalized spacial score (nSPS) is 34.3. The number of anilines is 1. The number of hydrogen-bond acceptors (Lipinski definition) is 6. The number of benzene rings is 2. The van der Waals surface area contributed by atoms with Crippen LogP contribution < -0.4 is 19.7 Å². The molecule has 2 fully saturated rings. The Kier molecular flexibility index (Phi) is 9.90. The number of urea groups is 1. The molecule has 2 heterocycles. The van der Waals surface area contributed by atoms with Crippen LogP contribution in [0.1, 0.15) is 66.9 Å². The zero-order valence-electron chi connectivity index (χ0n) is 28.4. The molecule has 2 N–H and O–H groups in total. The predicted octanol–water partition coefficient (Wildman–Crippen LogP) is 6.93. The number of halogens is 3. The van der Waals surface area contributed by atoms with Crippen LogP contribution in [-0.2, 0) is 26.5 Å². The number of alkyl halides is 2. The van der Waals surface area contributed by atoms with Gasteiger partial charge in [-0.15, -0.1) is 4.36 Å². The lowest BCUT2D eigenvalue weighted by molar-refractivity contribution is 0.0131. The number of carbonyl (C=O) groups excluding carboxylic acids is 2. The second kappa shape index (κ2) is 14.1. The topological polar surface area (TPSA) is 109 Å². The number of amides is 3. The van der Waals surface area contributed by atoms with Crippen molar-refractivity contribution in [2.24, 2.45) is 28.0 Å². The van der Waals surface area contributed by atoms with Crippen LogP contribution in [0.4, 0.5) is 19.3 Å². The summed E-state index contributed by atoms with van der Waals surface area (Å²) in [7, 11) is -1.92. The molecule has 13 heteroatoms. The summed E-state index contributed by atoms with van der Waals surface area (Å²) in [6.07, 6.45) is 7.07. The van der Waals surface area contributed by atoms with Crippen LogP contribution in [0.25, 0.3) is 0 Å². The minimum atomic E-state index is -3.64. The Morgan fingerprint density at radius 3 is 2.80 bits per heavy atom. The predicted molar refractivity (Wildman–Crippen MR) is 189 cm³/mol. The van der Waals surface area contributed by atoms with Crippen LogP contribution >= 0.6 is 11.6 Å². The highest BCUT2D eigenvalue weighted by Crippen LogP contribution is 2.47. The molecule has 2 saturated carbocycles. The Balaban J connectivity index is 1.26. The number of allylic oxidation sites excluding steroid dienone is 1. The van der Waals surface area contributed by atoms with Gasteiger partial charge in [0, 0.05) is 48.2 Å². The third-order valence-electron chi connectivity index (χ3n) is 11.2. The van der Waals surface area contributed by atoms with E-state index in [1.54, 1.807) is 25.3 Å². The minimum Gasteiger partial charge on any atom is -0.490 e. The van der Waals surface area contributed by atoms with Gasteiger partial charge in [-0.05, 0) is 104 Å². The van der Waals surface area contributed by atoms with Crippen LogP contribution in [0.5, 0.6) is 5.75 Å². The fourth-order valence-corrected chi connectivity index (χ4v) is 10.4. The Labute approximate surface area is 297 Å². The third kappa shape index (κ3) is 7.25. The van der Waals surface area contributed by atoms with Gasteiger partial charge >= 0.3 is 6.03 Å². The number of carbonyl (C=O) groups is 2. The van der Waals surface area contributed by atoms with Crippen LogP contribution in [-0.4, -0.2) is 67.3 Å². The number of hydrogen-bond donors (Lipinski definition) is 2. The molecule has 2 aliphatic heterocycles. The van der Waals surface area contributed by atoms with E-state index in [9.17, 15) is 22.6 Å². The van der Waals surface area contributed by atoms with Gasteiger partial charge in [0.05, 0.1) is 24.2 Å². The first kappa shape index (κ1) is 35.2. The molecule has 1 unspecified atom stereocenters. The number of methoxy groups -OCH3 is 1. The molecule has 0 radical (unpaired) electrons. The molecular weight excluding hydrogens is 686 g/mol. The molecule has 2 aromatic carbocycles. The maximum atomic E-state index is 14.3. The summed E-state index contributed by atoms with van der Waals surface area (Å²) in [4.78, 5) is 29.1. The zero-order valence-corrected chi connectivity index (χ0v) is 30.0. The Bertz CT molecular complexity index is 1800. The summed E-state index contributed by atoms with van der Waals surface area (Å²) < 4.78 is 59.6. The number of ether oxygens (including phenoxy) is 2. The average Bonchev–Trinajstić information content (AvgIpc) is 3.84. The van der Waals surface area contributed by atoms with E-state index in [0.29, 0.717) is 42.2 Å². The van der Waals surface area contributed by atoms with Gasteiger partial charge in [0.1, 0.15) is 15.7 Å². The summed E-state index contributed by atoms with van der Waals surface area (Å²) in [5, 5.41) is 3.19. The van der Waals surface area contributed by atoms with Gasteiger partial charge in [-0.25, -0.2) is 17.8 Å². The molecule has 3 aliphatic carbocycles. The largest absolute Gasteiger partial charge is 0.490 e. The molecule has 8 atom stereocenters. The van der Waals surface area contributed by atoms with Crippen molar-refractivity contribution in [3.63, 3.8) is 0 Å². The van der Waals surface area contributed by atoms with Gasteiger partial charge in [-0.1, -0.05) is 36.7 Å². The molecule has 2 bridgehead atoms. The van der Waals surface area contributed by atoms with Crippen LogP contribution in [0.2, 0.25) is 5.02 Å². The van der Waals surface area contributed by atoms with Crippen molar-refractivity contribution < 1.29 is 32.1 Å². The van der Waals surface area contributed by atoms with Gasteiger partial charge < -0.3 is 19.7 Å². The lowest BCUT2D eigenvalue weighted by Crippen LogP contribution is -2.49. The minimum absolute atomic E-state index is 0.102. The SMILES string of the molecule is CO[C@H]1/C=C/C[C@H](C)C[S@@](=O)(NC(=O)NC2C[C@H]2C(F)F)=NC(=O)c2ccc3c(c2)N(C[C@@H]2CC[C@H]21)C[C@@]1(CCCc2cc(Cl)ccc21)CO3. The third-order valence-corrected chi connectivity index (χ3v) is 13.5. The first-order valence-corrected chi connectivity index (χ1v) is 19.7. The van der Waals surface area contributed by atoms with Gasteiger partial charge in [0.15, 0.2) is 0 Å². The van der Waals surface area contributed by atoms with E-state index in [1.165, 1.54) is 11.1 Å². The maximum absolute atomic E-state index is 14.3. The molecule has 1 spiro atoms. The monoisotopic (exact) mass is 730 g/mol. The number of rotatable bonds is 4. The summed E-state index contributed by atoms with van der Waals surface area (Å²) >= 11 is 6.43. The van der Waals surface area contributed by atoms with E-state index in [-0.39, 0.29) is 35.2 Å². The first-order valence-electron chi connectivity index (χ1n) is 17.6. The molecule has 3 amide bonds. The fraction of sp³-hybridized carbons (Fsp3) is 0.568. The summed E-state index contributed by atoms with van der Waals surface area (Å²) in [6, 6.07) is 9.71. The van der Waals surface area contributed by atoms with Crippen molar-refractivity contribution >= 4 is 39.1 Å². The van der Waals surface area contributed by atoms with Crippen molar-refractivity contribution in [2.75, 3.05) is 37.5 Å². The molecule has 0 saturated heterocycles. The number of aryl methyl sites for hydroxylation is 1. The highest BCUT2D eigenvalue weighted by atomic mass is 35.5. The lowest BCUT2D eigenvalue weighted by Gasteiger charge is -2.46. The van der Waals surface area contributed by atoms with Gasteiger partial charge in [0.2, 0.25) is 6.43 Å². The Morgan fingerprint density at radius 1 is 1.22 bits per heavy atom. The molecule has 270 valence electrons. The number of fused-ring (bicyclic) bond motifs is 4. The lowest BCUT2D eigenvalue weighted by atomic mass is 9.68. The Morgan fingerprint density at radius 2 is 2.06 bits per heavy atom. The second-order valence-electron chi connectivity index (χ2n) is 14.9. The van der Waals surface area contributed by atoms with E-state index in [2.05, 4.69) is 37.5 Å². The van der Waals surface area contributed by atoms with Gasteiger partial charge in [0.25, 0.3) is 5.91 Å². The Hall–Kier alpha value is -3.22. The standard InChI is InChI=1S/C37H45ClF2N4O5S/c1-22-5-3-7-32(48-2)27-11-8-25(27)18-44-20-37(14-4-6-23-15-26(38)10-12-29(23)37)21-49-33-13-9-24(16-31(33)44)35(45)42-50(47,19-22)43-36(46)41-30-17-28(30)34(39)40/h3,7,9-10,12-13,15-16,22,25,27-28,30,32,34H,4-6,8,11,14,17-21H2,1-2H3,(H2,41,42,43,45,46,47)/b7-3+/t22-,25-,27+,28+,30?,32-,37-,50-/m0/s1. The van der Waals surface area contributed by atoms with Crippen molar-refractivity contribution in [3.8, 4) is 5.75 Å². The van der Waals surface area contributed by atoms with Crippen LogP contribution in [0.3, 0.4) is 0 Å². The molecule has 7 rings (SSSR count). The summed E-state index contributed by atoms with van der Waals surface area (Å²) in [6.45, 7) is 3.76. The number of nitrogens with one attached hydrogen (secondary N) is 2. The average molecular weight is 731 g/mol. The second-order valence-corrected chi connectivity index (χ2v) is 17.3.